The van der Waals surface area contributed by atoms with Crippen LogP contribution < -0.4 is 14.8 Å². The van der Waals surface area contributed by atoms with Crippen LogP contribution in [0.15, 0.2) is 58.3 Å². The van der Waals surface area contributed by atoms with Crippen LogP contribution in [0.2, 0.25) is 0 Å². The third kappa shape index (κ3) is 5.11. The number of hydrogen-bond acceptors (Lipinski definition) is 6. The van der Waals surface area contributed by atoms with Crippen molar-refractivity contribution in [1.29, 1.82) is 0 Å². The Morgan fingerprint density at radius 3 is 2.72 bits per heavy atom. The Hall–Kier alpha value is -3.32. The summed E-state index contributed by atoms with van der Waals surface area (Å²) in [4.78, 5) is 17.1. The molecule has 0 aliphatic rings. The molecule has 4 rings (SSSR count). The van der Waals surface area contributed by atoms with E-state index in [1.807, 2.05) is 48.7 Å². The van der Waals surface area contributed by atoms with E-state index in [4.69, 9.17) is 13.9 Å². The molecule has 0 unspecified atom stereocenters. The first-order valence-corrected chi connectivity index (χ1v) is 11.7. The van der Waals surface area contributed by atoms with E-state index in [2.05, 4.69) is 17.2 Å². The SMILES string of the molecule is CCCCCOc1ccc(C(=O)Nc2nc(-c3cc4cccc(OCC)c4o3)cs2)cc1. The Morgan fingerprint density at radius 2 is 1.94 bits per heavy atom. The first-order chi connectivity index (χ1) is 15.7. The zero-order chi connectivity index (χ0) is 22.3. The number of fused-ring (bicyclic) bond motifs is 1. The molecule has 1 amide bonds. The molecule has 0 fully saturated rings. The van der Waals surface area contributed by atoms with Gasteiger partial charge in [-0.25, -0.2) is 4.98 Å². The number of benzene rings is 2. The predicted octanol–water partition coefficient (Wildman–Crippen LogP) is 6.78. The zero-order valence-corrected chi connectivity index (χ0v) is 19.0. The molecular formula is C25H26N2O4S. The molecular weight excluding hydrogens is 424 g/mol. The van der Waals surface area contributed by atoms with E-state index in [-0.39, 0.29) is 5.91 Å². The number of carbonyl (C=O) groups excluding carboxylic acids is 1. The van der Waals surface area contributed by atoms with Crippen molar-refractivity contribution in [3.05, 3.63) is 59.5 Å². The molecule has 4 aromatic rings. The van der Waals surface area contributed by atoms with E-state index in [9.17, 15) is 4.79 Å². The minimum atomic E-state index is -0.216. The van der Waals surface area contributed by atoms with Crippen molar-refractivity contribution < 1.29 is 18.7 Å². The van der Waals surface area contributed by atoms with Crippen molar-refractivity contribution in [3.63, 3.8) is 0 Å². The van der Waals surface area contributed by atoms with Crippen molar-refractivity contribution in [2.75, 3.05) is 18.5 Å². The lowest BCUT2D eigenvalue weighted by Gasteiger charge is -2.06. The highest BCUT2D eigenvalue weighted by molar-refractivity contribution is 7.14. The summed E-state index contributed by atoms with van der Waals surface area (Å²) in [6, 6.07) is 14.9. The van der Waals surface area contributed by atoms with E-state index >= 15 is 0 Å². The molecule has 6 nitrogen and oxygen atoms in total. The van der Waals surface area contributed by atoms with Gasteiger partial charge in [-0.1, -0.05) is 31.9 Å². The molecule has 0 saturated heterocycles. The van der Waals surface area contributed by atoms with Crippen molar-refractivity contribution in [2.45, 2.75) is 33.1 Å². The number of aromatic nitrogens is 1. The van der Waals surface area contributed by atoms with Crippen LogP contribution in [-0.2, 0) is 0 Å². The van der Waals surface area contributed by atoms with E-state index in [0.29, 0.717) is 46.7 Å². The average Bonchev–Trinajstić information content (AvgIpc) is 3.45. The van der Waals surface area contributed by atoms with E-state index in [0.717, 1.165) is 30.4 Å². The van der Waals surface area contributed by atoms with Crippen LogP contribution in [0.25, 0.3) is 22.4 Å². The Balaban J connectivity index is 1.41. The lowest BCUT2D eigenvalue weighted by atomic mass is 10.2. The molecule has 0 spiro atoms. The van der Waals surface area contributed by atoms with Crippen molar-refractivity contribution in [1.82, 2.24) is 4.98 Å². The molecule has 0 saturated carbocycles. The number of para-hydroxylation sites is 1. The third-order valence-electron chi connectivity index (χ3n) is 4.92. The number of ether oxygens (including phenoxy) is 2. The fourth-order valence-corrected chi connectivity index (χ4v) is 3.98. The van der Waals surface area contributed by atoms with Crippen LogP contribution in [0.4, 0.5) is 5.13 Å². The largest absolute Gasteiger partial charge is 0.494 e. The fraction of sp³-hybridized carbons (Fsp3) is 0.280. The maximum atomic E-state index is 12.6. The lowest BCUT2D eigenvalue weighted by Crippen LogP contribution is -2.11. The molecule has 2 aromatic carbocycles. The first kappa shape index (κ1) is 21.9. The second kappa shape index (κ2) is 10.3. The summed E-state index contributed by atoms with van der Waals surface area (Å²) >= 11 is 1.35. The molecule has 0 bridgehead atoms. The Bertz CT molecular complexity index is 1180. The molecule has 0 atom stereocenters. The second-order valence-electron chi connectivity index (χ2n) is 7.29. The molecule has 0 aliphatic heterocycles. The number of carbonyl (C=O) groups is 1. The summed E-state index contributed by atoms with van der Waals surface area (Å²) < 4.78 is 17.3. The van der Waals surface area contributed by atoms with Crippen LogP contribution >= 0.6 is 11.3 Å². The summed E-state index contributed by atoms with van der Waals surface area (Å²) in [7, 11) is 0. The molecule has 0 aliphatic carbocycles. The Labute approximate surface area is 191 Å². The monoisotopic (exact) mass is 450 g/mol. The second-order valence-corrected chi connectivity index (χ2v) is 8.15. The molecule has 166 valence electrons. The molecule has 2 heterocycles. The highest BCUT2D eigenvalue weighted by atomic mass is 32.1. The summed E-state index contributed by atoms with van der Waals surface area (Å²) in [6.07, 6.45) is 3.34. The van der Waals surface area contributed by atoms with Gasteiger partial charge in [0.2, 0.25) is 0 Å². The van der Waals surface area contributed by atoms with E-state index in [1.54, 1.807) is 12.1 Å². The van der Waals surface area contributed by atoms with Gasteiger partial charge in [-0.05, 0) is 49.7 Å². The van der Waals surface area contributed by atoms with Crippen LogP contribution in [0.3, 0.4) is 0 Å². The standard InChI is InChI=1S/C25H26N2O4S/c1-3-5-6-14-30-19-12-10-17(11-13-19)24(28)27-25-26-20(16-32-25)22-15-18-8-7-9-21(29-4-2)23(18)31-22/h7-13,15-16H,3-6,14H2,1-2H3,(H,26,27,28). The predicted molar refractivity (Wildman–Crippen MR) is 128 cm³/mol. The number of anilines is 1. The highest BCUT2D eigenvalue weighted by Crippen LogP contribution is 2.34. The molecule has 32 heavy (non-hydrogen) atoms. The van der Waals surface area contributed by atoms with Gasteiger partial charge in [0.25, 0.3) is 5.91 Å². The van der Waals surface area contributed by atoms with Crippen molar-refractivity contribution in [2.24, 2.45) is 0 Å². The Morgan fingerprint density at radius 1 is 1.09 bits per heavy atom. The van der Waals surface area contributed by atoms with Crippen LogP contribution in [0.1, 0.15) is 43.5 Å². The van der Waals surface area contributed by atoms with Gasteiger partial charge in [0.1, 0.15) is 11.4 Å². The van der Waals surface area contributed by atoms with Gasteiger partial charge in [0.15, 0.2) is 22.2 Å². The average molecular weight is 451 g/mol. The van der Waals surface area contributed by atoms with Gasteiger partial charge in [-0.2, -0.15) is 0 Å². The fourth-order valence-electron chi connectivity index (χ4n) is 3.29. The van der Waals surface area contributed by atoms with Crippen LogP contribution in [0.5, 0.6) is 11.5 Å². The van der Waals surface area contributed by atoms with Gasteiger partial charge >= 0.3 is 0 Å². The number of thiazole rings is 1. The zero-order valence-electron chi connectivity index (χ0n) is 18.2. The topological polar surface area (TPSA) is 73.6 Å². The van der Waals surface area contributed by atoms with Gasteiger partial charge in [-0.3, -0.25) is 10.1 Å². The minimum Gasteiger partial charge on any atom is -0.494 e. The van der Waals surface area contributed by atoms with Crippen LogP contribution in [0, 0.1) is 0 Å². The Kier molecular flexibility index (Phi) is 7.07. The number of furan rings is 1. The number of rotatable bonds is 10. The number of amides is 1. The van der Waals surface area contributed by atoms with Gasteiger partial charge in [-0.15, -0.1) is 11.3 Å². The van der Waals surface area contributed by atoms with Gasteiger partial charge in [0, 0.05) is 16.3 Å². The highest BCUT2D eigenvalue weighted by Gasteiger charge is 2.15. The number of nitrogens with zero attached hydrogens (tertiary/aromatic N) is 1. The normalized spacial score (nSPS) is 10.9. The van der Waals surface area contributed by atoms with Crippen LogP contribution in [-0.4, -0.2) is 24.1 Å². The molecule has 2 aromatic heterocycles. The number of nitrogens with one attached hydrogen (secondary N) is 1. The first-order valence-electron chi connectivity index (χ1n) is 10.8. The molecule has 7 heteroatoms. The van der Waals surface area contributed by atoms with E-state index < -0.39 is 0 Å². The summed E-state index contributed by atoms with van der Waals surface area (Å²) in [6.45, 7) is 5.35. The summed E-state index contributed by atoms with van der Waals surface area (Å²) in [5.41, 5.74) is 1.91. The van der Waals surface area contributed by atoms with E-state index in [1.165, 1.54) is 11.3 Å². The number of hydrogen-bond donors (Lipinski definition) is 1. The minimum absolute atomic E-state index is 0.216. The lowest BCUT2D eigenvalue weighted by molar-refractivity contribution is 0.102. The van der Waals surface area contributed by atoms with Crippen molar-refractivity contribution in [3.8, 4) is 23.0 Å². The smallest absolute Gasteiger partial charge is 0.257 e. The molecule has 1 N–H and O–H groups in total. The quantitative estimate of drug-likeness (QED) is 0.270. The maximum Gasteiger partial charge on any atom is 0.257 e. The van der Waals surface area contributed by atoms with Gasteiger partial charge < -0.3 is 13.9 Å². The maximum absolute atomic E-state index is 12.6. The van der Waals surface area contributed by atoms with Crippen molar-refractivity contribution >= 4 is 33.3 Å². The van der Waals surface area contributed by atoms with Gasteiger partial charge in [0.05, 0.1) is 13.2 Å². The third-order valence-corrected chi connectivity index (χ3v) is 5.68. The summed E-state index contributed by atoms with van der Waals surface area (Å²) in [5.74, 6) is 1.89. The number of unbranched alkanes of at least 4 members (excludes halogenated alkanes) is 2. The molecule has 0 radical (unpaired) electrons. The summed E-state index contributed by atoms with van der Waals surface area (Å²) in [5, 5.41) is 6.17.